The molecule has 0 spiro atoms. The van der Waals surface area contributed by atoms with Crippen LogP contribution >= 0.6 is 0 Å². The van der Waals surface area contributed by atoms with Gasteiger partial charge in [-0.2, -0.15) is 13.2 Å². The van der Waals surface area contributed by atoms with Crippen molar-refractivity contribution in [1.29, 1.82) is 0 Å². The molecule has 1 aliphatic heterocycles. The highest BCUT2D eigenvalue weighted by atomic mass is 19.4. The fourth-order valence-corrected chi connectivity index (χ4v) is 3.03. The van der Waals surface area contributed by atoms with Gasteiger partial charge in [0.15, 0.2) is 5.82 Å². The molecule has 0 atom stereocenters. The van der Waals surface area contributed by atoms with Crippen LogP contribution in [0.3, 0.4) is 0 Å². The minimum atomic E-state index is -4.32. The zero-order valence-electron chi connectivity index (χ0n) is 13.2. The number of pyridine rings is 1. The van der Waals surface area contributed by atoms with Gasteiger partial charge in [0.2, 0.25) is 0 Å². The second-order valence-corrected chi connectivity index (χ2v) is 6.15. The van der Waals surface area contributed by atoms with E-state index >= 15 is 0 Å². The Hall–Kier alpha value is -2.03. The maximum Gasteiger partial charge on any atom is 0.408 e. The highest BCUT2D eigenvalue weighted by Crippen LogP contribution is 2.23. The van der Waals surface area contributed by atoms with Gasteiger partial charge in [-0.3, -0.25) is 9.88 Å². The Balaban J connectivity index is 1.50. The molecule has 3 rings (SSSR count). The van der Waals surface area contributed by atoms with E-state index in [1.54, 1.807) is 6.20 Å². The van der Waals surface area contributed by atoms with Gasteiger partial charge in [-0.15, -0.1) is 5.10 Å². The van der Waals surface area contributed by atoms with Crippen LogP contribution < -0.4 is 0 Å². The average Bonchev–Trinajstić information content (AvgIpc) is 2.95. The van der Waals surface area contributed by atoms with Crippen molar-refractivity contribution in [3.8, 4) is 0 Å². The van der Waals surface area contributed by atoms with E-state index in [0.29, 0.717) is 12.5 Å². The lowest BCUT2D eigenvalue weighted by atomic mass is 9.91. The van der Waals surface area contributed by atoms with Gasteiger partial charge in [-0.25, -0.2) is 4.68 Å². The molecule has 24 heavy (non-hydrogen) atoms. The van der Waals surface area contributed by atoms with Gasteiger partial charge in [0.05, 0.1) is 6.54 Å². The second-order valence-electron chi connectivity index (χ2n) is 6.15. The van der Waals surface area contributed by atoms with E-state index in [2.05, 4.69) is 31.5 Å². The van der Waals surface area contributed by atoms with Crippen LogP contribution in [-0.2, 0) is 19.5 Å². The number of tetrazole rings is 1. The van der Waals surface area contributed by atoms with Crippen LogP contribution in [0.1, 0.15) is 24.2 Å². The predicted molar refractivity (Wildman–Crippen MR) is 79.8 cm³/mol. The van der Waals surface area contributed by atoms with Crippen molar-refractivity contribution in [3.05, 3.63) is 35.9 Å². The Labute approximate surface area is 137 Å². The smallest absolute Gasteiger partial charge is 0.296 e. The van der Waals surface area contributed by atoms with Gasteiger partial charge in [-0.05, 0) is 60.3 Å². The quantitative estimate of drug-likeness (QED) is 0.834. The molecule has 1 fully saturated rings. The van der Waals surface area contributed by atoms with E-state index in [1.807, 2.05) is 12.3 Å². The molecule has 0 unspecified atom stereocenters. The van der Waals surface area contributed by atoms with Crippen molar-refractivity contribution in [1.82, 2.24) is 30.1 Å². The third-order valence-corrected chi connectivity index (χ3v) is 4.25. The van der Waals surface area contributed by atoms with Gasteiger partial charge in [-0.1, -0.05) is 6.07 Å². The molecule has 130 valence electrons. The molecule has 0 amide bonds. The minimum Gasteiger partial charge on any atom is -0.296 e. The van der Waals surface area contributed by atoms with Gasteiger partial charge in [0.1, 0.15) is 6.54 Å². The van der Waals surface area contributed by atoms with E-state index in [9.17, 15) is 13.2 Å². The van der Waals surface area contributed by atoms with E-state index in [1.165, 1.54) is 5.56 Å². The molecule has 0 N–H and O–H groups in total. The molecule has 2 aromatic rings. The fraction of sp³-hybridized carbons (Fsp3) is 0.600. The summed E-state index contributed by atoms with van der Waals surface area (Å²) in [7, 11) is 0. The highest BCUT2D eigenvalue weighted by Gasteiger charge is 2.30. The van der Waals surface area contributed by atoms with Crippen molar-refractivity contribution in [2.45, 2.75) is 38.5 Å². The van der Waals surface area contributed by atoms with Gasteiger partial charge in [0, 0.05) is 12.4 Å². The summed E-state index contributed by atoms with van der Waals surface area (Å²) >= 11 is 0. The molecular weight excluding hydrogens is 321 g/mol. The summed E-state index contributed by atoms with van der Waals surface area (Å²) in [5.74, 6) is 0.842. The molecule has 6 nitrogen and oxygen atoms in total. The van der Waals surface area contributed by atoms with Crippen LogP contribution in [0.25, 0.3) is 0 Å². The maximum atomic E-state index is 12.5. The zero-order valence-corrected chi connectivity index (χ0v) is 13.2. The van der Waals surface area contributed by atoms with Gasteiger partial charge < -0.3 is 0 Å². The maximum absolute atomic E-state index is 12.5. The summed E-state index contributed by atoms with van der Waals surface area (Å²) in [6, 6.07) is 4.01. The molecular formula is C15H19F3N6. The lowest BCUT2D eigenvalue weighted by Crippen LogP contribution is -2.35. The molecule has 1 aliphatic rings. The Bertz CT molecular complexity index is 634. The number of nitrogens with zero attached hydrogens (tertiary/aromatic N) is 6. The number of hydrogen-bond acceptors (Lipinski definition) is 5. The Morgan fingerprint density at radius 3 is 2.67 bits per heavy atom. The molecule has 0 saturated carbocycles. The van der Waals surface area contributed by atoms with E-state index in [0.717, 1.165) is 37.0 Å². The average molecular weight is 340 g/mol. The van der Waals surface area contributed by atoms with Crippen LogP contribution in [0, 0.1) is 5.92 Å². The van der Waals surface area contributed by atoms with Crippen LogP contribution in [0.2, 0.25) is 0 Å². The van der Waals surface area contributed by atoms with E-state index in [-0.39, 0.29) is 5.82 Å². The summed E-state index contributed by atoms with van der Waals surface area (Å²) in [5.41, 5.74) is 1.23. The van der Waals surface area contributed by atoms with Crippen molar-refractivity contribution in [2.24, 2.45) is 5.92 Å². The van der Waals surface area contributed by atoms with E-state index < -0.39 is 12.7 Å². The number of hydrogen-bond donors (Lipinski definition) is 0. The Morgan fingerprint density at radius 2 is 2.00 bits per heavy atom. The van der Waals surface area contributed by atoms with Crippen LogP contribution in [0.15, 0.2) is 24.5 Å². The first-order chi connectivity index (χ1) is 11.5. The minimum absolute atomic E-state index is 0.262. The van der Waals surface area contributed by atoms with Crippen molar-refractivity contribution >= 4 is 0 Å². The molecule has 2 aromatic heterocycles. The monoisotopic (exact) mass is 340 g/mol. The summed E-state index contributed by atoms with van der Waals surface area (Å²) < 4.78 is 38.3. The summed E-state index contributed by atoms with van der Waals surface area (Å²) in [5, 5.41) is 10.5. The van der Waals surface area contributed by atoms with Crippen LogP contribution in [-0.4, -0.2) is 49.4 Å². The molecule has 0 radical (unpaired) electrons. The highest BCUT2D eigenvalue weighted by molar-refractivity contribution is 5.09. The predicted octanol–water partition coefficient (Wildman–Crippen LogP) is 2.09. The fourth-order valence-electron chi connectivity index (χ4n) is 3.03. The van der Waals surface area contributed by atoms with Crippen molar-refractivity contribution in [2.75, 3.05) is 13.1 Å². The van der Waals surface area contributed by atoms with Crippen LogP contribution in [0.4, 0.5) is 13.2 Å². The molecule has 1 saturated heterocycles. The standard InChI is InChI=1S/C15H19F3N6/c16-15(17,18)11-24-14(20-21-22-24)10-23-6-3-12(4-7-23)8-13-2-1-5-19-9-13/h1-2,5,9,12H,3-4,6-8,10-11H2. The van der Waals surface area contributed by atoms with Crippen LogP contribution in [0.5, 0.6) is 0 Å². The Morgan fingerprint density at radius 1 is 1.21 bits per heavy atom. The third kappa shape index (κ3) is 4.73. The number of piperidine rings is 1. The normalized spacial score (nSPS) is 17.3. The number of halogens is 3. The molecule has 9 heteroatoms. The molecule has 0 aliphatic carbocycles. The van der Waals surface area contributed by atoms with Crippen molar-refractivity contribution in [3.63, 3.8) is 0 Å². The second kappa shape index (κ2) is 7.25. The first-order valence-corrected chi connectivity index (χ1v) is 7.92. The number of likely N-dealkylation sites (tertiary alicyclic amines) is 1. The summed E-state index contributed by atoms with van der Waals surface area (Å²) in [4.78, 5) is 6.24. The number of aromatic nitrogens is 5. The third-order valence-electron chi connectivity index (χ3n) is 4.25. The SMILES string of the molecule is FC(F)(F)Cn1nnnc1CN1CCC(Cc2cccnc2)CC1. The zero-order chi connectivity index (χ0) is 17.0. The number of rotatable bonds is 5. The topological polar surface area (TPSA) is 59.7 Å². The van der Waals surface area contributed by atoms with Crippen molar-refractivity contribution < 1.29 is 13.2 Å². The molecule has 3 heterocycles. The summed E-state index contributed by atoms with van der Waals surface area (Å²) in [6.07, 6.45) is 2.34. The number of alkyl halides is 3. The first kappa shape index (κ1) is 16.8. The van der Waals surface area contributed by atoms with Gasteiger partial charge >= 0.3 is 6.18 Å². The lowest BCUT2D eigenvalue weighted by Gasteiger charge is -2.31. The lowest BCUT2D eigenvalue weighted by molar-refractivity contribution is -0.143. The molecule has 0 bridgehead atoms. The van der Waals surface area contributed by atoms with Gasteiger partial charge in [0.25, 0.3) is 0 Å². The molecule has 0 aromatic carbocycles. The summed E-state index contributed by atoms with van der Waals surface area (Å²) in [6.45, 7) is 0.878. The largest absolute Gasteiger partial charge is 0.408 e. The first-order valence-electron chi connectivity index (χ1n) is 7.92. The van der Waals surface area contributed by atoms with E-state index in [4.69, 9.17) is 0 Å². The Kier molecular flexibility index (Phi) is 5.08.